The molecule has 1 aliphatic rings. The summed E-state index contributed by atoms with van der Waals surface area (Å²) >= 11 is 0. The molecule has 2 aromatic rings. The second-order valence-electron chi connectivity index (χ2n) is 6.16. The zero-order chi connectivity index (χ0) is 15.4. The topological polar surface area (TPSA) is 36.4 Å². The third-order valence-corrected chi connectivity index (χ3v) is 4.29. The standard InChI is InChI=1S/C19H24N2O/c1-2-19(22)14-21(18-8-9-18)13-15-5-3-6-16(11-15)17-7-4-10-20-12-17/h3-7,10-12,18-19,22H,2,8-9,13-14H2,1H3. The number of rotatable bonds is 7. The van der Waals surface area contributed by atoms with Gasteiger partial charge in [-0.2, -0.15) is 0 Å². The van der Waals surface area contributed by atoms with Crippen molar-refractivity contribution < 1.29 is 5.11 Å². The molecule has 1 N–H and O–H groups in total. The molecule has 116 valence electrons. The molecular weight excluding hydrogens is 272 g/mol. The molecule has 1 aromatic carbocycles. The van der Waals surface area contributed by atoms with Gasteiger partial charge < -0.3 is 5.11 Å². The van der Waals surface area contributed by atoms with Crippen LogP contribution in [-0.4, -0.2) is 33.7 Å². The van der Waals surface area contributed by atoms with Crippen LogP contribution >= 0.6 is 0 Å². The van der Waals surface area contributed by atoms with Crippen LogP contribution in [-0.2, 0) is 6.54 Å². The van der Waals surface area contributed by atoms with Crippen LogP contribution in [0.4, 0.5) is 0 Å². The van der Waals surface area contributed by atoms with E-state index in [0.717, 1.165) is 25.1 Å². The number of benzene rings is 1. The third-order valence-electron chi connectivity index (χ3n) is 4.29. The molecule has 0 amide bonds. The van der Waals surface area contributed by atoms with Gasteiger partial charge in [-0.1, -0.05) is 31.2 Å². The van der Waals surface area contributed by atoms with E-state index < -0.39 is 0 Å². The molecular formula is C19H24N2O. The number of pyridine rings is 1. The Labute approximate surface area is 132 Å². The Balaban J connectivity index is 1.74. The van der Waals surface area contributed by atoms with Crippen LogP contribution in [0.5, 0.6) is 0 Å². The Morgan fingerprint density at radius 3 is 2.73 bits per heavy atom. The zero-order valence-electron chi connectivity index (χ0n) is 13.2. The molecule has 1 unspecified atom stereocenters. The highest BCUT2D eigenvalue weighted by Gasteiger charge is 2.29. The van der Waals surface area contributed by atoms with E-state index in [9.17, 15) is 5.11 Å². The van der Waals surface area contributed by atoms with Crippen molar-refractivity contribution in [3.63, 3.8) is 0 Å². The highest BCUT2D eigenvalue weighted by molar-refractivity contribution is 5.62. The minimum Gasteiger partial charge on any atom is -0.392 e. The van der Waals surface area contributed by atoms with Crippen molar-refractivity contribution in [2.45, 2.75) is 44.9 Å². The van der Waals surface area contributed by atoms with Crippen molar-refractivity contribution in [3.05, 3.63) is 54.4 Å². The van der Waals surface area contributed by atoms with Gasteiger partial charge in [0.1, 0.15) is 0 Å². The van der Waals surface area contributed by atoms with E-state index in [1.807, 2.05) is 19.2 Å². The molecule has 0 bridgehead atoms. The van der Waals surface area contributed by atoms with E-state index in [2.05, 4.69) is 40.2 Å². The van der Waals surface area contributed by atoms with Crippen LogP contribution in [0, 0.1) is 0 Å². The Kier molecular flexibility index (Phi) is 4.86. The first-order valence-electron chi connectivity index (χ1n) is 8.17. The van der Waals surface area contributed by atoms with Gasteiger partial charge in [0.05, 0.1) is 6.10 Å². The molecule has 1 aromatic heterocycles. The SMILES string of the molecule is CCC(O)CN(Cc1cccc(-c2cccnc2)c1)C1CC1. The van der Waals surface area contributed by atoms with Gasteiger partial charge in [-0.3, -0.25) is 9.88 Å². The average Bonchev–Trinajstić information content (AvgIpc) is 3.40. The molecule has 3 rings (SSSR count). The summed E-state index contributed by atoms with van der Waals surface area (Å²) in [7, 11) is 0. The minimum absolute atomic E-state index is 0.220. The lowest BCUT2D eigenvalue weighted by Crippen LogP contribution is -2.33. The van der Waals surface area contributed by atoms with Crippen LogP contribution in [0.1, 0.15) is 31.7 Å². The molecule has 0 radical (unpaired) electrons. The van der Waals surface area contributed by atoms with E-state index in [4.69, 9.17) is 0 Å². The number of hydrogen-bond donors (Lipinski definition) is 1. The second kappa shape index (κ2) is 7.03. The number of aliphatic hydroxyl groups excluding tert-OH is 1. The van der Waals surface area contributed by atoms with Crippen molar-refractivity contribution in [2.24, 2.45) is 0 Å². The molecule has 1 heterocycles. The van der Waals surface area contributed by atoms with Gasteiger partial charge in [-0.25, -0.2) is 0 Å². The normalized spacial score (nSPS) is 16.0. The minimum atomic E-state index is -0.220. The van der Waals surface area contributed by atoms with E-state index in [1.54, 1.807) is 6.20 Å². The van der Waals surface area contributed by atoms with Gasteiger partial charge >= 0.3 is 0 Å². The first kappa shape index (κ1) is 15.2. The molecule has 1 saturated carbocycles. The monoisotopic (exact) mass is 296 g/mol. The lowest BCUT2D eigenvalue weighted by molar-refractivity contribution is 0.101. The van der Waals surface area contributed by atoms with Gasteiger partial charge in [0.25, 0.3) is 0 Å². The average molecular weight is 296 g/mol. The lowest BCUT2D eigenvalue weighted by atomic mass is 10.0. The fourth-order valence-corrected chi connectivity index (χ4v) is 2.80. The Morgan fingerprint density at radius 2 is 2.05 bits per heavy atom. The molecule has 1 aliphatic carbocycles. The molecule has 3 nitrogen and oxygen atoms in total. The smallest absolute Gasteiger partial charge is 0.0664 e. The van der Waals surface area contributed by atoms with Crippen LogP contribution in [0.2, 0.25) is 0 Å². The van der Waals surface area contributed by atoms with Crippen LogP contribution < -0.4 is 0 Å². The number of aliphatic hydroxyl groups is 1. The highest BCUT2D eigenvalue weighted by atomic mass is 16.3. The Morgan fingerprint density at radius 1 is 1.23 bits per heavy atom. The van der Waals surface area contributed by atoms with Crippen molar-refractivity contribution >= 4 is 0 Å². The first-order valence-corrected chi connectivity index (χ1v) is 8.17. The van der Waals surface area contributed by atoms with Gasteiger partial charge in [0.2, 0.25) is 0 Å². The zero-order valence-corrected chi connectivity index (χ0v) is 13.2. The fourth-order valence-electron chi connectivity index (χ4n) is 2.80. The third kappa shape index (κ3) is 3.93. The lowest BCUT2D eigenvalue weighted by Gasteiger charge is -2.24. The molecule has 1 atom stereocenters. The van der Waals surface area contributed by atoms with Crippen molar-refractivity contribution in [1.29, 1.82) is 0 Å². The summed E-state index contributed by atoms with van der Waals surface area (Å²) < 4.78 is 0. The maximum Gasteiger partial charge on any atom is 0.0664 e. The second-order valence-corrected chi connectivity index (χ2v) is 6.16. The maximum atomic E-state index is 9.97. The van der Waals surface area contributed by atoms with Gasteiger partial charge in [0, 0.05) is 31.5 Å². The van der Waals surface area contributed by atoms with E-state index in [1.165, 1.54) is 24.0 Å². The number of hydrogen-bond acceptors (Lipinski definition) is 3. The quantitative estimate of drug-likeness (QED) is 0.849. The van der Waals surface area contributed by atoms with Crippen molar-refractivity contribution in [2.75, 3.05) is 6.54 Å². The molecule has 0 aliphatic heterocycles. The number of nitrogens with zero attached hydrogens (tertiary/aromatic N) is 2. The fraction of sp³-hybridized carbons (Fsp3) is 0.421. The summed E-state index contributed by atoms with van der Waals surface area (Å²) in [6.45, 7) is 3.73. The summed E-state index contributed by atoms with van der Waals surface area (Å²) in [5.41, 5.74) is 3.66. The summed E-state index contributed by atoms with van der Waals surface area (Å²) in [5, 5.41) is 9.97. The summed E-state index contributed by atoms with van der Waals surface area (Å²) in [5.74, 6) is 0. The van der Waals surface area contributed by atoms with Crippen molar-refractivity contribution in [1.82, 2.24) is 9.88 Å². The summed E-state index contributed by atoms with van der Waals surface area (Å²) in [6, 6.07) is 13.4. The Bertz CT molecular complexity index is 595. The van der Waals surface area contributed by atoms with Crippen LogP contribution in [0.25, 0.3) is 11.1 Å². The number of aromatic nitrogens is 1. The molecule has 22 heavy (non-hydrogen) atoms. The largest absolute Gasteiger partial charge is 0.392 e. The summed E-state index contributed by atoms with van der Waals surface area (Å²) in [4.78, 5) is 6.62. The van der Waals surface area contributed by atoms with Crippen molar-refractivity contribution in [3.8, 4) is 11.1 Å². The summed E-state index contributed by atoms with van der Waals surface area (Å²) in [6.07, 6.45) is 6.82. The van der Waals surface area contributed by atoms with E-state index >= 15 is 0 Å². The van der Waals surface area contributed by atoms with Crippen LogP contribution in [0.15, 0.2) is 48.8 Å². The van der Waals surface area contributed by atoms with E-state index in [0.29, 0.717) is 6.04 Å². The molecule has 0 saturated heterocycles. The predicted molar refractivity (Wildman–Crippen MR) is 89.4 cm³/mol. The molecule has 1 fully saturated rings. The van der Waals surface area contributed by atoms with Gasteiger partial charge in [-0.05, 0) is 48.1 Å². The molecule has 0 spiro atoms. The molecule has 3 heteroatoms. The van der Waals surface area contributed by atoms with Crippen LogP contribution in [0.3, 0.4) is 0 Å². The van der Waals surface area contributed by atoms with Gasteiger partial charge in [0.15, 0.2) is 0 Å². The van der Waals surface area contributed by atoms with E-state index in [-0.39, 0.29) is 6.10 Å². The maximum absolute atomic E-state index is 9.97. The first-order chi connectivity index (χ1) is 10.8. The predicted octanol–water partition coefficient (Wildman–Crippen LogP) is 3.48. The Hall–Kier alpha value is -1.71. The highest BCUT2D eigenvalue weighted by Crippen LogP contribution is 2.29. The van der Waals surface area contributed by atoms with Gasteiger partial charge in [-0.15, -0.1) is 0 Å².